The van der Waals surface area contributed by atoms with Crippen molar-refractivity contribution in [3.63, 3.8) is 0 Å². The maximum absolute atomic E-state index is 12.3. The monoisotopic (exact) mass is 401 g/mol. The Morgan fingerprint density at radius 1 is 0.867 bits per heavy atom. The highest BCUT2D eigenvalue weighted by Crippen LogP contribution is 2.23. The molecule has 0 aromatic heterocycles. The molecular weight excluding hydrogens is 378 g/mol. The molecule has 0 heterocycles. The second-order valence-electron chi connectivity index (χ2n) is 6.40. The Labute approximate surface area is 175 Å². The van der Waals surface area contributed by atoms with Crippen LogP contribution in [0.25, 0.3) is 0 Å². The average Bonchev–Trinajstić information content (AvgIpc) is 2.77. The molecule has 0 aliphatic carbocycles. The molecule has 3 aromatic carbocycles. The van der Waals surface area contributed by atoms with Crippen molar-refractivity contribution in [1.82, 2.24) is 0 Å². The van der Waals surface area contributed by atoms with Crippen LogP contribution >= 0.6 is 0 Å². The van der Waals surface area contributed by atoms with E-state index in [1.165, 1.54) is 0 Å². The van der Waals surface area contributed by atoms with Gasteiger partial charge in [0.15, 0.2) is 0 Å². The summed E-state index contributed by atoms with van der Waals surface area (Å²) in [4.78, 5) is 24.6. The van der Waals surface area contributed by atoms with Crippen LogP contribution in [0.5, 0.6) is 5.75 Å². The number of amides is 2. The lowest BCUT2D eigenvalue weighted by molar-refractivity contribution is -0.114. The normalized spacial score (nSPS) is 10.0. The van der Waals surface area contributed by atoms with Crippen LogP contribution in [0.2, 0.25) is 0 Å². The van der Waals surface area contributed by atoms with Crippen LogP contribution in [0.3, 0.4) is 0 Å². The van der Waals surface area contributed by atoms with Crippen LogP contribution in [0, 0.1) is 0 Å². The van der Waals surface area contributed by atoms with Gasteiger partial charge in [-0.1, -0.05) is 49.1 Å². The van der Waals surface area contributed by atoms with Crippen molar-refractivity contribution in [2.75, 3.05) is 29.1 Å². The van der Waals surface area contributed by atoms with Gasteiger partial charge >= 0.3 is 0 Å². The van der Waals surface area contributed by atoms with Gasteiger partial charge in [0.05, 0.1) is 12.2 Å². The Morgan fingerprint density at radius 2 is 1.57 bits per heavy atom. The lowest BCUT2D eigenvalue weighted by atomic mass is 10.2. The summed E-state index contributed by atoms with van der Waals surface area (Å²) in [6, 6.07) is 23.3. The minimum atomic E-state index is -0.222. The molecule has 6 heteroatoms. The molecule has 0 saturated heterocycles. The number of hydrogen-bond acceptors (Lipinski definition) is 4. The van der Waals surface area contributed by atoms with E-state index >= 15 is 0 Å². The Balaban J connectivity index is 1.57. The van der Waals surface area contributed by atoms with Crippen LogP contribution < -0.4 is 20.7 Å². The maximum atomic E-state index is 12.3. The first kappa shape index (κ1) is 20.7. The van der Waals surface area contributed by atoms with Crippen molar-refractivity contribution in [3.05, 3.63) is 97.1 Å². The largest absolute Gasteiger partial charge is 0.487 e. The van der Waals surface area contributed by atoms with Crippen molar-refractivity contribution in [2.24, 2.45) is 0 Å². The van der Waals surface area contributed by atoms with Gasteiger partial charge in [-0.2, -0.15) is 0 Å². The fourth-order valence-corrected chi connectivity index (χ4v) is 2.74. The summed E-state index contributed by atoms with van der Waals surface area (Å²) in [6.07, 6.45) is 1.66. The number of benzene rings is 3. The summed E-state index contributed by atoms with van der Waals surface area (Å²) in [7, 11) is 0. The summed E-state index contributed by atoms with van der Waals surface area (Å²) >= 11 is 0. The quantitative estimate of drug-likeness (QED) is 0.460. The van der Waals surface area contributed by atoms with Gasteiger partial charge in [-0.3, -0.25) is 9.59 Å². The fourth-order valence-electron chi connectivity index (χ4n) is 2.74. The minimum Gasteiger partial charge on any atom is -0.487 e. The van der Waals surface area contributed by atoms with Crippen LogP contribution in [-0.4, -0.2) is 25.0 Å². The van der Waals surface area contributed by atoms with E-state index in [9.17, 15) is 9.59 Å². The summed E-state index contributed by atoms with van der Waals surface area (Å²) in [5, 5.41) is 8.71. The van der Waals surface area contributed by atoms with Crippen molar-refractivity contribution in [3.8, 4) is 5.75 Å². The van der Waals surface area contributed by atoms with Gasteiger partial charge in [-0.05, 0) is 42.5 Å². The Kier molecular flexibility index (Phi) is 7.22. The Hall–Kier alpha value is -4.06. The van der Waals surface area contributed by atoms with Crippen molar-refractivity contribution < 1.29 is 14.3 Å². The van der Waals surface area contributed by atoms with Gasteiger partial charge in [0.1, 0.15) is 12.4 Å². The first-order valence-corrected chi connectivity index (χ1v) is 9.48. The van der Waals surface area contributed by atoms with Gasteiger partial charge in [0.25, 0.3) is 5.91 Å². The predicted molar refractivity (Wildman–Crippen MR) is 120 cm³/mol. The highest BCUT2D eigenvalue weighted by atomic mass is 16.5. The number of anilines is 3. The van der Waals surface area contributed by atoms with Gasteiger partial charge in [0, 0.05) is 16.9 Å². The molecule has 0 aliphatic rings. The van der Waals surface area contributed by atoms with Crippen molar-refractivity contribution in [1.29, 1.82) is 0 Å². The smallest absolute Gasteiger partial charge is 0.255 e. The van der Waals surface area contributed by atoms with Crippen LogP contribution in [0.15, 0.2) is 91.5 Å². The fraction of sp³-hybridized carbons (Fsp3) is 0.0833. The molecule has 0 spiro atoms. The number of ether oxygens (including phenoxy) is 1. The number of carbonyl (C=O) groups is 2. The van der Waals surface area contributed by atoms with Crippen LogP contribution in [0.4, 0.5) is 17.1 Å². The van der Waals surface area contributed by atoms with Crippen molar-refractivity contribution >= 4 is 28.9 Å². The van der Waals surface area contributed by atoms with Crippen LogP contribution in [0.1, 0.15) is 10.4 Å². The summed E-state index contributed by atoms with van der Waals surface area (Å²) in [6.45, 7) is 4.08. The molecule has 2 amide bonds. The molecule has 0 saturated carbocycles. The Morgan fingerprint density at radius 3 is 2.33 bits per heavy atom. The summed E-state index contributed by atoms with van der Waals surface area (Å²) in [5.41, 5.74) is 2.47. The third-order valence-electron chi connectivity index (χ3n) is 4.12. The van der Waals surface area contributed by atoms with E-state index in [1.807, 2.05) is 30.3 Å². The molecule has 30 heavy (non-hydrogen) atoms. The zero-order chi connectivity index (χ0) is 21.2. The zero-order valence-electron chi connectivity index (χ0n) is 16.4. The van der Waals surface area contributed by atoms with Gasteiger partial charge in [0.2, 0.25) is 5.91 Å². The van der Waals surface area contributed by atoms with E-state index in [2.05, 4.69) is 22.5 Å². The van der Waals surface area contributed by atoms with Gasteiger partial charge in [-0.15, -0.1) is 0 Å². The predicted octanol–water partition coefficient (Wildman–Crippen LogP) is 4.55. The molecule has 0 bridgehead atoms. The third kappa shape index (κ3) is 5.97. The number of hydrogen-bond donors (Lipinski definition) is 3. The second kappa shape index (κ2) is 10.5. The molecule has 0 atom stereocenters. The number of rotatable bonds is 9. The van der Waals surface area contributed by atoms with Gasteiger partial charge < -0.3 is 20.7 Å². The molecule has 152 valence electrons. The molecule has 3 aromatic rings. The second-order valence-corrected chi connectivity index (χ2v) is 6.40. The van der Waals surface area contributed by atoms with E-state index in [4.69, 9.17) is 4.74 Å². The molecular formula is C24H23N3O3. The zero-order valence-corrected chi connectivity index (χ0v) is 16.4. The van der Waals surface area contributed by atoms with E-state index < -0.39 is 0 Å². The van der Waals surface area contributed by atoms with E-state index in [0.29, 0.717) is 29.3 Å². The number of nitrogens with one attached hydrogen (secondary N) is 3. The lowest BCUT2D eigenvalue weighted by Gasteiger charge is -2.13. The maximum Gasteiger partial charge on any atom is 0.255 e. The number of para-hydroxylation sites is 2. The van der Waals surface area contributed by atoms with Crippen molar-refractivity contribution in [2.45, 2.75) is 0 Å². The summed E-state index contributed by atoms with van der Waals surface area (Å²) in [5.74, 6) is 0.216. The third-order valence-corrected chi connectivity index (χ3v) is 4.12. The average molecular weight is 401 g/mol. The molecule has 0 radical (unpaired) electrons. The topological polar surface area (TPSA) is 79.5 Å². The minimum absolute atomic E-state index is 0.0645. The highest BCUT2D eigenvalue weighted by Gasteiger charge is 2.08. The molecule has 3 rings (SSSR count). The molecule has 3 N–H and O–H groups in total. The van der Waals surface area contributed by atoms with Crippen LogP contribution in [-0.2, 0) is 4.79 Å². The molecule has 0 fully saturated rings. The summed E-state index contributed by atoms with van der Waals surface area (Å²) < 4.78 is 5.57. The highest BCUT2D eigenvalue weighted by molar-refractivity contribution is 6.04. The molecule has 6 nitrogen and oxygen atoms in total. The number of carbonyl (C=O) groups excluding carboxylic acids is 2. The standard InChI is InChI=1S/C24H23N3O3/c1-2-15-30-22-14-7-6-13-21(22)25-17-23(28)26-19-11-8-12-20(16-19)27-24(29)18-9-4-3-5-10-18/h2-14,16,25H,1,15,17H2,(H,26,28)(H,27,29). The first-order chi connectivity index (χ1) is 14.7. The molecule has 0 unspecified atom stereocenters. The van der Waals surface area contributed by atoms with E-state index in [1.54, 1.807) is 54.6 Å². The Bertz CT molecular complexity index is 1020. The first-order valence-electron chi connectivity index (χ1n) is 9.48. The SMILES string of the molecule is C=CCOc1ccccc1NCC(=O)Nc1cccc(NC(=O)c2ccccc2)c1. The van der Waals surface area contributed by atoms with Gasteiger partial charge in [-0.25, -0.2) is 0 Å². The lowest BCUT2D eigenvalue weighted by Crippen LogP contribution is -2.22. The molecule has 0 aliphatic heterocycles. The van der Waals surface area contributed by atoms with E-state index in [0.717, 1.165) is 5.69 Å². The van der Waals surface area contributed by atoms with E-state index in [-0.39, 0.29) is 18.4 Å².